The molecule has 0 atom stereocenters. The zero-order valence-corrected chi connectivity index (χ0v) is 15.3. The molecule has 2 aromatic rings. The Bertz CT molecular complexity index is 663. The lowest BCUT2D eigenvalue weighted by molar-refractivity contribution is -0.0821. The van der Waals surface area contributed by atoms with Gasteiger partial charge in [0.05, 0.1) is 11.3 Å². The number of aryl methyl sites for hydroxylation is 2. The van der Waals surface area contributed by atoms with Crippen LogP contribution in [-0.2, 0) is 31.3 Å². The van der Waals surface area contributed by atoms with Crippen molar-refractivity contribution in [2.45, 2.75) is 44.9 Å². The summed E-state index contributed by atoms with van der Waals surface area (Å²) in [5, 5.41) is 15.5. The zero-order chi connectivity index (χ0) is 17.7. The quantitative estimate of drug-likeness (QED) is 0.839. The Morgan fingerprint density at radius 3 is 2.60 bits per heavy atom. The highest BCUT2D eigenvalue weighted by Gasteiger charge is 2.32. The molecular formula is C20H29N3O2. The number of aromatic nitrogens is 2. The molecule has 1 N–H and O–H groups in total. The molecule has 2 heterocycles. The van der Waals surface area contributed by atoms with E-state index in [2.05, 4.69) is 47.4 Å². The summed E-state index contributed by atoms with van der Waals surface area (Å²) in [7, 11) is 1.97. The van der Waals surface area contributed by atoms with Crippen molar-refractivity contribution in [3.63, 3.8) is 0 Å². The third-order valence-electron chi connectivity index (χ3n) is 4.91. The fourth-order valence-electron chi connectivity index (χ4n) is 3.59. The Balaban J connectivity index is 1.78. The smallest absolute Gasteiger partial charge is 0.0818 e. The van der Waals surface area contributed by atoms with E-state index in [0.29, 0.717) is 32.6 Å². The Morgan fingerprint density at radius 1 is 1.20 bits per heavy atom. The van der Waals surface area contributed by atoms with Gasteiger partial charge in [-0.15, -0.1) is 0 Å². The molecule has 0 amide bonds. The van der Waals surface area contributed by atoms with Crippen molar-refractivity contribution in [1.29, 1.82) is 0 Å². The van der Waals surface area contributed by atoms with E-state index >= 15 is 0 Å². The predicted octanol–water partition coefficient (Wildman–Crippen LogP) is 2.53. The molecule has 3 rings (SSSR count). The highest BCUT2D eigenvalue weighted by molar-refractivity contribution is 5.18. The molecule has 5 nitrogen and oxygen atoms in total. The summed E-state index contributed by atoms with van der Waals surface area (Å²) >= 11 is 0. The lowest BCUT2D eigenvalue weighted by atomic mass is 9.93. The molecule has 1 aromatic carbocycles. The first-order valence-electron chi connectivity index (χ1n) is 9.16. The number of hydrogen-bond acceptors (Lipinski definition) is 4. The molecule has 1 fully saturated rings. The highest BCUT2D eigenvalue weighted by Crippen LogP contribution is 2.24. The van der Waals surface area contributed by atoms with Crippen LogP contribution in [0.5, 0.6) is 0 Å². The normalized spacial score (nSPS) is 17.1. The second-order valence-corrected chi connectivity index (χ2v) is 7.10. The number of benzene rings is 1. The van der Waals surface area contributed by atoms with Crippen molar-refractivity contribution < 1.29 is 9.84 Å². The van der Waals surface area contributed by atoms with Gasteiger partial charge in [-0.05, 0) is 12.0 Å². The summed E-state index contributed by atoms with van der Waals surface area (Å²) in [6, 6.07) is 10.5. The van der Waals surface area contributed by atoms with Gasteiger partial charge >= 0.3 is 0 Å². The summed E-state index contributed by atoms with van der Waals surface area (Å²) in [6.07, 6.45) is 4.43. The Kier molecular flexibility index (Phi) is 5.89. The maximum Gasteiger partial charge on any atom is 0.0818 e. The van der Waals surface area contributed by atoms with Gasteiger partial charge in [-0.25, -0.2) is 0 Å². The molecule has 0 radical (unpaired) electrons. The third-order valence-corrected chi connectivity index (χ3v) is 4.91. The van der Waals surface area contributed by atoms with Crippen molar-refractivity contribution in [3.05, 3.63) is 53.3 Å². The van der Waals surface area contributed by atoms with Gasteiger partial charge in [0.25, 0.3) is 0 Å². The second-order valence-electron chi connectivity index (χ2n) is 7.10. The van der Waals surface area contributed by atoms with Crippen LogP contribution < -0.4 is 0 Å². The fraction of sp³-hybridized carbons (Fsp3) is 0.550. The van der Waals surface area contributed by atoms with E-state index in [1.807, 2.05) is 17.8 Å². The van der Waals surface area contributed by atoms with Crippen LogP contribution >= 0.6 is 0 Å². The lowest BCUT2D eigenvalue weighted by Crippen LogP contribution is -2.46. The van der Waals surface area contributed by atoms with Crippen LogP contribution in [0.3, 0.4) is 0 Å². The molecule has 1 aromatic heterocycles. The SMILES string of the molecule is CCc1nn(C)cc1CN(Cc1ccccc1)CC1(O)CCOCC1. The standard InChI is InChI=1S/C20H29N3O2/c1-3-19-18(14-22(2)21-19)15-23(13-17-7-5-4-6-8-17)16-20(24)9-11-25-12-10-20/h4-8,14,24H,3,9-13,15-16H2,1-2H3. The number of nitrogens with zero attached hydrogens (tertiary/aromatic N) is 3. The Labute approximate surface area is 150 Å². The van der Waals surface area contributed by atoms with Crippen molar-refractivity contribution in [2.75, 3.05) is 19.8 Å². The van der Waals surface area contributed by atoms with Crippen LogP contribution in [0.1, 0.15) is 36.6 Å². The molecule has 136 valence electrons. The van der Waals surface area contributed by atoms with Gasteiger partial charge in [0.15, 0.2) is 0 Å². The lowest BCUT2D eigenvalue weighted by Gasteiger charge is -2.37. The summed E-state index contributed by atoms with van der Waals surface area (Å²) < 4.78 is 7.32. The number of aliphatic hydroxyl groups is 1. The first-order chi connectivity index (χ1) is 12.1. The maximum atomic E-state index is 11.0. The van der Waals surface area contributed by atoms with Gasteiger partial charge in [-0.2, -0.15) is 5.10 Å². The number of hydrogen-bond donors (Lipinski definition) is 1. The summed E-state index contributed by atoms with van der Waals surface area (Å²) in [5.74, 6) is 0. The molecular weight excluding hydrogens is 314 g/mol. The van der Waals surface area contributed by atoms with E-state index in [4.69, 9.17) is 4.74 Å². The van der Waals surface area contributed by atoms with E-state index in [-0.39, 0.29) is 0 Å². The van der Waals surface area contributed by atoms with E-state index in [1.165, 1.54) is 11.1 Å². The largest absolute Gasteiger partial charge is 0.388 e. The molecule has 1 saturated heterocycles. The van der Waals surface area contributed by atoms with Crippen LogP contribution in [0.25, 0.3) is 0 Å². The molecule has 0 bridgehead atoms. The van der Waals surface area contributed by atoms with Crippen LogP contribution in [0.15, 0.2) is 36.5 Å². The monoisotopic (exact) mass is 343 g/mol. The van der Waals surface area contributed by atoms with Gasteiger partial charge in [0.1, 0.15) is 0 Å². The fourth-order valence-corrected chi connectivity index (χ4v) is 3.59. The maximum absolute atomic E-state index is 11.0. The molecule has 1 aliphatic heterocycles. The van der Waals surface area contributed by atoms with E-state index in [1.54, 1.807) is 0 Å². The Morgan fingerprint density at radius 2 is 1.92 bits per heavy atom. The van der Waals surface area contributed by atoms with E-state index < -0.39 is 5.60 Å². The minimum absolute atomic E-state index is 0.642. The van der Waals surface area contributed by atoms with Crippen LogP contribution in [-0.4, -0.2) is 45.1 Å². The topological polar surface area (TPSA) is 50.5 Å². The first-order valence-corrected chi connectivity index (χ1v) is 9.16. The summed E-state index contributed by atoms with van der Waals surface area (Å²) in [6.45, 7) is 5.70. The minimum Gasteiger partial charge on any atom is -0.388 e. The predicted molar refractivity (Wildman–Crippen MR) is 98.1 cm³/mol. The van der Waals surface area contributed by atoms with Gasteiger partial charge in [0, 0.05) is 64.5 Å². The number of rotatable bonds is 7. The molecule has 0 saturated carbocycles. The van der Waals surface area contributed by atoms with E-state index in [9.17, 15) is 5.11 Å². The molecule has 0 spiro atoms. The van der Waals surface area contributed by atoms with Crippen molar-refractivity contribution in [1.82, 2.24) is 14.7 Å². The molecule has 0 unspecified atom stereocenters. The molecule has 5 heteroatoms. The van der Waals surface area contributed by atoms with Gasteiger partial charge in [-0.1, -0.05) is 37.3 Å². The average Bonchev–Trinajstić information content (AvgIpc) is 2.95. The second kappa shape index (κ2) is 8.13. The van der Waals surface area contributed by atoms with Crippen molar-refractivity contribution >= 4 is 0 Å². The Hall–Kier alpha value is -1.69. The van der Waals surface area contributed by atoms with Crippen molar-refractivity contribution in [3.8, 4) is 0 Å². The molecule has 25 heavy (non-hydrogen) atoms. The third kappa shape index (κ3) is 4.91. The molecule has 1 aliphatic rings. The first kappa shape index (κ1) is 18.1. The summed E-state index contributed by atoms with van der Waals surface area (Å²) in [4.78, 5) is 2.34. The van der Waals surface area contributed by atoms with Crippen LogP contribution in [0.4, 0.5) is 0 Å². The van der Waals surface area contributed by atoms with Crippen LogP contribution in [0, 0.1) is 0 Å². The van der Waals surface area contributed by atoms with Gasteiger partial charge < -0.3 is 9.84 Å². The average molecular weight is 343 g/mol. The van der Waals surface area contributed by atoms with Gasteiger partial charge in [-0.3, -0.25) is 9.58 Å². The minimum atomic E-state index is -0.665. The number of ether oxygens (including phenoxy) is 1. The van der Waals surface area contributed by atoms with Gasteiger partial charge in [0.2, 0.25) is 0 Å². The summed E-state index contributed by atoms with van der Waals surface area (Å²) in [5.41, 5.74) is 2.98. The highest BCUT2D eigenvalue weighted by atomic mass is 16.5. The van der Waals surface area contributed by atoms with Crippen LogP contribution in [0.2, 0.25) is 0 Å². The molecule has 0 aliphatic carbocycles. The van der Waals surface area contributed by atoms with E-state index in [0.717, 1.165) is 25.2 Å². The zero-order valence-electron chi connectivity index (χ0n) is 15.3. The van der Waals surface area contributed by atoms with Crippen molar-refractivity contribution in [2.24, 2.45) is 7.05 Å².